The zero-order chi connectivity index (χ0) is 30.6. The summed E-state index contributed by atoms with van der Waals surface area (Å²) in [4.78, 5) is 0. The molecule has 44 heavy (non-hydrogen) atoms. The summed E-state index contributed by atoms with van der Waals surface area (Å²) in [6, 6.07) is 32.6. The molecule has 0 bridgehead atoms. The van der Waals surface area contributed by atoms with Crippen LogP contribution in [-0.4, -0.2) is 0 Å². The summed E-state index contributed by atoms with van der Waals surface area (Å²) in [7, 11) is 0. The zero-order valence-corrected chi connectivity index (χ0v) is 26.5. The summed E-state index contributed by atoms with van der Waals surface area (Å²) in [5.41, 5.74) is 15.9. The lowest BCUT2D eigenvalue weighted by molar-refractivity contribution is 0.250. The fraction of sp³-hybridized carbons (Fsp3) is 0.400. The average Bonchev–Trinajstić information content (AvgIpc) is 3.06. The van der Waals surface area contributed by atoms with Gasteiger partial charge < -0.3 is 20.9 Å². The van der Waals surface area contributed by atoms with Gasteiger partial charge in [0.25, 0.3) is 0 Å². The van der Waals surface area contributed by atoms with E-state index in [0.717, 1.165) is 53.1 Å². The third-order valence-electron chi connectivity index (χ3n) is 9.47. The molecule has 0 aromatic heterocycles. The highest BCUT2D eigenvalue weighted by molar-refractivity contribution is 5.47. The Balaban J connectivity index is 1.26. The van der Waals surface area contributed by atoms with Gasteiger partial charge in [0.1, 0.15) is 23.0 Å². The minimum absolute atomic E-state index is 0.0186. The number of nitrogen functional groups attached to an aromatic ring is 2. The van der Waals surface area contributed by atoms with E-state index in [-0.39, 0.29) is 5.41 Å². The molecule has 4 aromatic carbocycles. The molecule has 0 aliphatic heterocycles. The van der Waals surface area contributed by atoms with Crippen molar-refractivity contribution in [1.29, 1.82) is 0 Å². The molecule has 0 radical (unpaired) electrons. The Morgan fingerprint density at radius 3 is 1.30 bits per heavy atom. The Hall–Kier alpha value is -3.92. The molecule has 0 saturated heterocycles. The number of anilines is 2. The molecule has 5 rings (SSSR count). The quantitative estimate of drug-likeness (QED) is 0.107. The van der Waals surface area contributed by atoms with Gasteiger partial charge in [0.05, 0.1) is 0 Å². The van der Waals surface area contributed by atoms with Crippen molar-refractivity contribution >= 4 is 11.4 Å². The van der Waals surface area contributed by atoms with Gasteiger partial charge in [0, 0.05) is 16.8 Å². The molecule has 1 saturated carbocycles. The van der Waals surface area contributed by atoms with Gasteiger partial charge in [-0.3, -0.25) is 0 Å². The molecule has 4 heteroatoms. The Morgan fingerprint density at radius 2 is 0.886 bits per heavy atom. The highest BCUT2D eigenvalue weighted by Crippen LogP contribution is 2.48. The molecule has 1 aliphatic carbocycles. The molecular weight excluding hydrogens is 540 g/mol. The van der Waals surface area contributed by atoms with Crippen molar-refractivity contribution < 1.29 is 9.47 Å². The molecule has 4 aromatic rings. The van der Waals surface area contributed by atoms with E-state index >= 15 is 0 Å². The SMILES string of the molecule is CCCCCCCCCCC1CCC(c2ccc(Oc3ccc(N)cc3)cc2)(c2ccc(Oc3ccc(N)cc3)cc2)CC1. The van der Waals surface area contributed by atoms with Crippen molar-refractivity contribution in [3.05, 3.63) is 108 Å². The van der Waals surface area contributed by atoms with Crippen LogP contribution in [0.3, 0.4) is 0 Å². The monoisotopic (exact) mass is 590 g/mol. The molecule has 0 unspecified atom stereocenters. The van der Waals surface area contributed by atoms with E-state index in [1.54, 1.807) is 0 Å². The number of hydrogen-bond acceptors (Lipinski definition) is 4. The van der Waals surface area contributed by atoms with E-state index < -0.39 is 0 Å². The topological polar surface area (TPSA) is 70.5 Å². The van der Waals surface area contributed by atoms with E-state index in [4.69, 9.17) is 20.9 Å². The van der Waals surface area contributed by atoms with Crippen LogP contribution in [0.1, 0.15) is 102 Å². The first kappa shape index (κ1) is 31.5. The Labute approximate surface area is 264 Å². The van der Waals surface area contributed by atoms with Crippen molar-refractivity contribution in [2.24, 2.45) is 5.92 Å². The maximum absolute atomic E-state index is 6.12. The molecule has 0 spiro atoms. The largest absolute Gasteiger partial charge is 0.457 e. The van der Waals surface area contributed by atoms with Crippen molar-refractivity contribution in [1.82, 2.24) is 0 Å². The number of nitrogens with two attached hydrogens (primary N) is 2. The minimum atomic E-state index is -0.0186. The summed E-state index contributed by atoms with van der Waals surface area (Å²) in [5.74, 6) is 4.08. The van der Waals surface area contributed by atoms with Gasteiger partial charge in [-0.15, -0.1) is 0 Å². The third-order valence-corrected chi connectivity index (χ3v) is 9.47. The standard InChI is InChI=1S/C40H50N2O2/c1-2-3-4-5-6-7-8-9-10-31-27-29-40(30-28-31,32-11-19-36(20-12-32)43-38-23-15-34(41)16-24-38)33-13-21-37(22-14-33)44-39-25-17-35(42)18-26-39/h11-26,31H,2-10,27-30,41-42H2,1H3. The normalized spacial score (nSPS) is 14.8. The molecule has 232 valence electrons. The van der Waals surface area contributed by atoms with Crippen LogP contribution in [-0.2, 0) is 5.41 Å². The predicted octanol–water partition coefficient (Wildman–Crippen LogP) is 11.4. The molecule has 1 fully saturated rings. The van der Waals surface area contributed by atoms with E-state index in [2.05, 4.69) is 55.5 Å². The van der Waals surface area contributed by atoms with Gasteiger partial charge in [0.15, 0.2) is 0 Å². The van der Waals surface area contributed by atoms with Crippen molar-refractivity contribution in [2.45, 2.75) is 95.8 Å². The second-order valence-corrected chi connectivity index (χ2v) is 12.7. The van der Waals surface area contributed by atoms with Crippen LogP contribution >= 0.6 is 0 Å². The van der Waals surface area contributed by atoms with E-state index in [1.165, 1.54) is 81.8 Å². The van der Waals surface area contributed by atoms with Gasteiger partial charge in [-0.2, -0.15) is 0 Å². The smallest absolute Gasteiger partial charge is 0.127 e. The minimum Gasteiger partial charge on any atom is -0.457 e. The van der Waals surface area contributed by atoms with Gasteiger partial charge in [-0.25, -0.2) is 0 Å². The first-order chi connectivity index (χ1) is 21.5. The van der Waals surface area contributed by atoms with Gasteiger partial charge in [0.2, 0.25) is 0 Å². The number of hydrogen-bond donors (Lipinski definition) is 2. The van der Waals surface area contributed by atoms with E-state index in [0.29, 0.717) is 0 Å². The lowest BCUT2D eigenvalue weighted by Gasteiger charge is -2.41. The number of unbranched alkanes of at least 4 members (excludes halogenated alkanes) is 7. The molecule has 0 heterocycles. The Bertz CT molecular complexity index is 1300. The number of rotatable bonds is 15. The molecular formula is C40H50N2O2. The fourth-order valence-corrected chi connectivity index (χ4v) is 6.80. The summed E-state index contributed by atoms with van der Waals surface area (Å²) < 4.78 is 12.2. The molecule has 4 N–H and O–H groups in total. The van der Waals surface area contributed by atoms with E-state index in [9.17, 15) is 0 Å². The van der Waals surface area contributed by atoms with Crippen LogP contribution < -0.4 is 20.9 Å². The number of ether oxygens (including phenoxy) is 2. The van der Waals surface area contributed by atoms with Crippen molar-refractivity contribution in [3.63, 3.8) is 0 Å². The van der Waals surface area contributed by atoms with Gasteiger partial charge in [-0.05, 0) is 116 Å². The van der Waals surface area contributed by atoms with Crippen LogP contribution in [0.5, 0.6) is 23.0 Å². The summed E-state index contributed by atoms with van der Waals surface area (Å²) in [5, 5.41) is 0. The zero-order valence-electron chi connectivity index (χ0n) is 26.5. The second kappa shape index (κ2) is 15.7. The summed E-state index contributed by atoms with van der Waals surface area (Å²) in [6.45, 7) is 2.29. The maximum atomic E-state index is 6.12. The molecule has 0 amide bonds. The fourth-order valence-electron chi connectivity index (χ4n) is 6.80. The Kier molecular flexibility index (Phi) is 11.2. The van der Waals surface area contributed by atoms with Gasteiger partial charge in [-0.1, -0.05) is 89.0 Å². The van der Waals surface area contributed by atoms with Crippen molar-refractivity contribution in [3.8, 4) is 23.0 Å². The first-order valence-corrected chi connectivity index (χ1v) is 16.8. The summed E-state index contributed by atoms with van der Waals surface area (Å²) >= 11 is 0. The maximum Gasteiger partial charge on any atom is 0.127 e. The lowest BCUT2D eigenvalue weighted by Crippen LogP contribution is -2.33. The van der Waals surface area contributed by atoms with Crippen LogP contribution in [0, 0.1) is 5.92 Å². The van der Waals surface area contributed by atoms with Crippen LogP contribution in [0.15, 0.2) is 97.1 Å². The third kappa shape index (κ3) is 8.59. The van der Waals surface area contributed by atoms with Crippen molar-refractivity contribution in [2.75, 3.05) is 11.5 Å². The highest BCUT2D eigenvalue weighted by atomic mass is 16.5. The number of benzene rings is 4. The van der Waals surface area contributed by atoms with E-state index in [1.807, 2.05) is 48.5 Å². The molecule has 1 aliphatic rings. The average molecular weight is 591 g/mol. The lowest BCUT2D eigenvalue weighted by atomic mass is 9.62. The van der Waals surface area contributed by atoms with Crippen LogP contribution in [0.25, 0.3) is 0 Å². The highest BCUT2D eigenvalue weighted by Gasteiger charge is 2.38. The molecule has 0 atom stereocenters. The Morgan fingerprint density at radius 1 is 0.523 bits per heavy atom. The van der Waals surface area contributed by atoms with Crippen LogP contribution in [0.4, 0.5) is 11.4 Å². The second-order valence-electron chi connectivity index (χ2n) is 12.7. The summed E-state index contributed by atoms with van der Waals surface area (Å²) in [6.07, 6.45) is 17.3. The van der Waals surface area contributed by atoms with Crippen LogP contribution in [0.2, 0.25) is 0 Å². The van der Waals surface area contributed by atoms with Gasteiger partial charge >= 0.3 is 0 Å². The predicted molar refractivity (Wildman–Crippen MR) is 185 cm³/mol. The molecule has 4 nitrogen and oxygen atoms in total. The first-order valence-electron chi connectivity index (χ1n) is 16.8.